The Morgan fingerprint density at radius 3 is 1.81 bits per heavy atom. The van der Waals surface area contributed by atoms with Crippen LogP contribution in [-0.4, -0.2) is 34.5 Å². The van der Waals surface area contributed by atoms with Crippen molar-refractivity contribution in [2.75, 3.05) is 13.2 Å². The second-order valence-electron chi connectivity index (χ2n) is 4.20. The Balaban J connectivity index is 3.22. The van der Waals surface area contributed by atoms with Crippen LogP contribution < -0.4 is 0 Å². The van der Waals surface area contributed by atoms with Gasteiger partial charge in [-0.25, -0.2) is 0 Å². The van der Waals surface area contributed by atoms with Crippen LogP contribution in [0.15, 0.2) is 0 Å². The molecule has 0 rings (SSSR count). The molecule has 0 bridgehead atoms. The predicted molar refractivity (Wildman–Crippen MR) is 62.2 cm³/mol. The number of aliphatic hydroxyl groups is 2. The molecule has 0 saturated heterocycles. The molecule has 1 atom stereocenters. The first-order valence-electron chi connectivity index (χ1n) is 6.17. The van der Waals surface area contributed by atoms with Crippen molar-refractivity contribution in [3.05, 3.63) is 0 Å². The van der Waals surface area contributed by atoms with Crippen molar-refractivity contribution < 1.29 is 20.1 Å². The third kappa shape index (κ3) is 8.68. The average Bonchev–Trinajstić information content (AvgIpc) is 2.26. The molecule has 3 N–H and O–H groups in total. The van der Waals surface area contributed by atoms with Crippen molar-refractivity contribution in [2.24, 2.45) is 5.92 Å². The first-order chi connectivity index (χ1) is 7.72. The van der Waals surface area contributed by atoms with E-state index in [2.05, 4.69) is 0 Å². The maximum atomic E-state index is 10.6. The molecular formula is C12H24O4. The van der Waals surface area contributed by atoms with E-state index in [4.69, 9.17) is 15.3 Å². The molecule has 0 fully saturated rings. The summed E-state index contributed by atoms with van der Waals surface area (Å²) in [4.78, 5) is 10.6. The maximum absolute atomic E-state index is 10.6. The summed E-state index contributed by atoms with van der Waals surface area (Å²) in [7, 11) is 0. The monoisotopic (exact) mass is 232 g/mol. The second kappa shape index (κ2) is 10.9. The smallest absolute Gasteiger partial charge is 0.308 e. The van der Waals surface area contributed by atoms with Crippen molar-refractivity contribution in [3.8, 4) is 0 Å². The van der Waals surface area contributed by atoms with Crippen LogP contribution in [-0.2, 0) is 4.79 Å². The largest absolute Gasteiger partial charge is 0.481 e. The SMILES string of the molecule is O=C(O)C(CO)CCCCCCCCCO. The van der Waals surface area contributed by atoms with Gasteiger partial charge >= 0.3 is 5.97 Å². The minimum atomic E-state index is -0.898. The van der Waals surface area contributed by atoms with E-state index in [9.17, 15) is 4.79 Å². The van der Waals surface area contributed by atoms with Crippen LogP contribution in [0.25, 0.3) is 0 Å². The molecule has 0 aromatic rings. The molecule has 0 radical (unpaired) electrons. The van der Waals surface area contributed by atoms with Gasteiger partial charge in [0.25, 0.3) is 0 Å². The van der Waals surface area contributed by atoms with Gasteiger partial charge in [-0.2, -0.15) is 0 Å². The van der Waals surface area contributed by atoms with Gasteiger partial charge in [-0.3, -0.25) is 4.79 Å². The fraction of sp³-hybridized carbons (Fsp3) is 0.917. The number of hydrogen-bond acceptors (Lipinski definition) is 3. The van der Waals surface area contributed by atoms with E-state index < -0.39 is 11.9 Å². The molecule has 0 aliphatic rings. The summed E-state index contributed by atoms with van der Waals surface area (Å²) < 4.78 is 0. The number of rotatable bonds is 11. The number of carboxylic acid groups (broad SMARTS) is 1. The first-order valence-corrected chi connectivity index (χ1v) is 6.17. The topological polar surface area (TPSA) is 77.8 Å². The van der Waals surface area contributed by atoms with Crippen LogP contribution in [0.4, 0.5) is 0 Å². The van der Waals surface area contributed by atoms with Gasteiger partial charge in [0.15, 0.2) is 0 Å². The lowest BCUT2D eigenvalue weighted by Gasteiger charge is -2.08. The van der Waals surface area contributed by atoms with Crippen molar-refractivity contribution >= 4 is 5.97 Å². The highest BCUT2D eigenvalue weighted by Gasteiger charge is 2.14. The van der Waals surface area contributed by atoms with E-state index in [1.165, 1.54) is 0 Å². The van der Waals surface area contributed by atoms with Crippen LogP contribution >= 0.6 is 0 Å². The summed E-state index contributed by atoms with van der Waals surface area (Å²) in [6.07, 6.45) is 7.84. The normalized spacial score (nSPS) is 12.6. The molecule has 16 heavy (non-hydrogen) atoms. The van der Waals surface area contributed by atoms with E-state index in [-0.39, 0.29) is 13.2 Å². The summed E-state index contributed by atoms with van der Waals surface area (Å²) >= 11 is 0. The van der Waals surface area contributed by atoms with E-state index in [0.29, 0.717) is 6.42 Å². The van der Waals surface area contributed by atoms with Crippen molar-refractivity contribution in [3.63, 3.8) is 0 Å². The van der Waals surface area contributed by atoms with Gasteiger partial charge in [-0.05, 0) is 12.8 Å². The quantitative estimate of drug-likeness (QED) is 0.475. The van der Waals surface area contributed by atoms with E-state index in [1.54, 1.807) is 0 Å². The summed E-state index contributed by atoms with van der Waals surface area (Å²) in [6, 6.07) is 0. The van der Waals surface area contributed by atoms with E-state index in [1.807, 2.05) is 0 Å². The highest BCUT2D eigenvalue weighted by atomic mass is 16.4. The summed E-state index contributed by atoms with van der Waals surface area (Å²) in [5.41, 5.74) is 0. The van der Waals surface area contributed by atoms with Gasteiger partial charge in [-0.15, -0.1) is 0 Å². The molecule has 0 aromatic heterocycles. The number of carboxylic acids is 1. The van der Waals surface area contributed by atoms with Crippen LogP contribution in [0.2, 0.25) is 0 Å². The average molecular weight is 232 g/mol. The molecule has 0 amide bonds. The summed E-state index contributed by atoms with van der Waals surface area (Å²) in [5.74, 6) is -1.49. The van der Waals surface area contributed by atoms with Crippen LogP contribution in [0.5, 0.6) is 0 Å². The molecule has 0 aliphatic carbocycles. The molecule has 0 aliphatic heterocycles. The molecule has 0 aromatic carbocycles. The summed E-state index contributed by atoms with van der Waals surface area (Å²) in [5, 5.41) is 26.0. The van der Waals surface area contributed by atoms with Gasteiger partial charge in [0.2, 0.25) is 0 Å². The molecular weight excluding hydrogens is 208 g/mol. The third-order valence-corrected chi connectivity index (χ3v) is 2.78. The molecule has 0 heterocycles. The Morgan fingerprint density at radius 2 is 1.38 bits per heavy atom. The van der Waals surface area contributed by atoms with Gasteiger partial charge in [-0.1, -0.05) is 38.5 Å². The zero-order chi connectivity index (χ0) is 12.2. The third-order valence-electron chi connectivity index (χ3n) is 2.78. The number of carbonyl (C=O) groups is 1. The lowest BCUT2D eigenvalue weighted by Crippen LogP contribution is -2.17. The molecule has 4 nitrogen and oxygen atoms in total. The van der Waals surface area contributed by atoms with Gasteiger partial charge in [0.05, 0.1) is 12.5 Å². The lowest BCUT2D eigenvalue weighted by molar-refractivity contribution is -0.143. The molecule has 96 valence electrons. The lowest BCUT2D eigenvalue weighted by atomic mass is 10.0. The Labute approximate surface area is 97.3 Å². The van der Waals surface area contributed by atoms with Gasteiger partial charge in [0.1, 0.15) is 0 Å². The van der Waals surface area contributed by atoms with Crippen molar-refractivity contribution in [1.82, 2.24) is 0 Å². The standard InChI is InChI=1S/C12H24O4/c13-9-7-5-3-1-2-4-6-8-11(10-14)12(15)16/h11,13-14H,1-10H2,(H,15,16). The summed E-state index contributed by atoms with van der Waals surface area (Å²) in [6.45, 7) is 0.0165. The Morgan fingerprint density at radius 1 is 0.875 bits per heavy atom. The number of aliphatic carboxylic acids is 1. The van der Waals surface area contributed by atoms with Crippen LogP contribution in [0, 0.1) is 5.92 Å². The van der Waals surface area contributed by atoms with Crippen molar-refractivity contribution in [1.29, 1.82) is 0 Å². The van der Waals surface area contributed by atoms with E-state index >= 15 is 0 Å². The second-order valence-corrected chi connectivity index (χ2v) is 4.20. The Bertz CT molecular complexity index is 170. The Kier molecular flexibility index (Phi) is 10.5. The zero-order valence-corrected chi connectivity index (χ0v) is 9.90. The minimum Gasteiger partial charge on any atom is -0.481 e. The van der Waals surface area contributed by atoms with Crippen molar-refractivity contribution in [2.45, 2.75) is 51.4 Å². The fourth-order valence-corrected chi connectivity index (χ4v) is 1.68. The number of aliphatic hydroxyl groups excluding tert-OH is 2. The van der Waals surface area contributed by atoms with Gasteiger partial charge < -0.3 is 15.3 Å². The zero-order valence-electron chi connectivity index (χ0n) is 9.90. The van der Waals surface area contributed by atoms with Crippen LogP contribution in [0.3, 0.4) is 0 Å². The molecule has 4 heteroatoms. The number of unbranched alkanes of at least 4 members (excludes halogenated alkanes) is 6. The highest BCUT2D eigenvalue weighted by molar-refractivity contribution is 5.69. The first kappa shape index (κ1) is 15.4. The highest BCUT2D eigenvalue weighted by Crippen LogP contribution is 2.12. The molecule has 0 spiro atoms. The maximum Gasteiger partial charge on any atom is 0.308 e. The van der Waals surface area contributed by atoms with E-state index in [0.717, 1.165) is 44.9 Å². The fourth-order valence-electron chi connectivity index (χ4n) is 1.68. The number of hydrogen-bond donors (Lipinski definition) is 3. The minimum absolute atomic E-state index is 0.258. The van der Waals surface area contributed by atoms with Crippen LogP contribution in [0.1, 0.15) is 51.4 Å². The van der Waals surface area contributed by atoms with Gasteiger partial charge in [0, 0.05) is 6.61 Å². The Hall–Kier alpha value is -0.610. The molecule has 0 saturated carbocycles. The molecule has 1 unspecified atom stereocenters. The predicted octanol–water partition coefficient (Wildman–Crippen LogP) is 1.79.